The molecule has 4 heteroatoms. The normalized spacial score (nSPS) is 53.4. The Labute approximate surface area is 105 Å². The molecule has 0 amide bonds. The summed E-state index contributed by atoms with van der Waals surface area (Å²) in [5, 5.41) is 9.95. The topological polar surface area (TPSA) is 46.5 Å². The maximum atomic E-state index is 12.0. The molecule has 0 aromatic rings. The van der Waals surface area contributed by atoms with Crippen molar-refractivity contribution in [1.29, 1.82) is 0 Å². The molecule has 7 unspecified atom stereocenters. The molecule has 17 heavy (non-hydrogen) atoms. The first kappa shape index (κ1) is 10.6. The lowest BCUT2D eigenvalue weighted by atomic mass is 9.68. The molecule has 4 aliphatic heterocycles. The quantitative estimate of drug-likeness (QED) is 0.762. The van der Waals surface area contributed by atoms with Gasteiger partial charge in [-0.3, -0.25) is 4.79 Å². The van der Waals surface area contributed by atoms with Crippen molar-refractivity contribution in [3.63, 3.8) is 0 Å². The molecule has 0 aromatic carbocycles. The van der Waals surface area contributed by atoms with Crippen molar-refractivity contribution in [3.05, 3.63) is 12.2 Å². The lowest BCUT2D eigenvalue weighted by Crippen LogP contribution is -2.41. The molecular weight excluding hydrogens is 236 g/mol. The van der Waals surface area contributed by atoms with Gasteiger partial charge in [-0.1, -0.05) is 12.2 Å². The predicted octanol–water partition coefficient (Wildman–Crippen LogP) is 1.01. The molecule has 4 rings (SSSR count). The maximum absolute atomic E-state index is 12.0. The van der Waals surface area contributed by atoms with E-state index in [2.05, 4.69) is 12.2 Å². The third-order valence-corrected chi connectivity index (χ3v) is 6.62. The Hall–Kier alpha value is -0.320. The zero-order chi connectivity index (χ0) is 11.6. The summed E-state index contributed by atoms with van der Waals surface area (Å²) in [4.78, 5) is 12.0. The Balaban J connectivity index is 1.59. The number of rotatable bonds is 3. The standard InChI is InChI=1S/C13H16O3S/c14-4-3-7(15)6-5-10-11-8-1-2-9(16-8)12(11)13(6)17-10/h1-2,6,8-14H,3-5H2. The fourth-order valence-corrected chi connectivity index (χ4v) is 6.40. The van der Waals surface area contributed by atoms with Crippen LogP contribution in [0.2, 0.25) is 0 Å². The van der Waals surface area contributed by atoms with Crippen molar-refractivity contribution in [2.75, 3.05) is 6.61 Å². The lowest BCUT2D eigenvalue weighted by Gasteiger charge is -2.32. The molecule has 3 fully saturated rings. The molecule has 3 saturated heterocycles. The average molecular weight is 252 g/mol. The Kier molecular flexibility index (Phi) is 2.24. The number of carbonyl (C=O) groups is 1. The van der Waals surface area contributed by atoms with Gasteiger partial charge < -0.3 is 9.84 Å². The van der Waals surface area contributed by atoms with E-state index in [1.54, 1.807) is 0 Å². The Morgan fingerprint density at radius 2 is 2.12 bits per heavy atom. The molecule has 4 heterocycles. The first-order valence-corrected chi connectivity index (χ1v) is 7.36. The monoisotopic (exact) mass is 252 g/mol. The molecule has 4 aliphatic rings. The highest BCUT2D eigenvalue weighted by Crippen LogP contribution is 2.63. The van der Waals surface area contributed by atoms with E-state index in [9.17, 15) is 4.79 Å². The van der Waals surface area contributed by atoms with E-state index in [0.29, 0.717) is 34.9 Å². The minimum Gasteiger partial charge on any atom is -0.396 e. The van der Waals surface area contributed by atoms with Crippen LogP contribution < -0.4 is 0 Å². The van der Waals surface area contributed by atoms with Crippen LogP contribution >= 0.6 is 11.8 Å². The van der Waals surface area contributed by atoms with E-state index < -0.39 is 0 Å². The SMILES string of the molecule is O=C(CCO)C1CC2SC1C1C3C=CC(O3)C21. The third-order valence-electron chi connectivity index (χ3n) is 4.80. The Morgan fingerprint density at radius 3 is 2.88 bits per heavy atom. The van der Waals surface area contributed by atoms with Crippen LogP contribution in [0.4, 0.5) is 0 Å². The number of aliphatic hydroxyl groups excluding tert-OH is 1. The van der Waals surface area contributed by atoms with Crippen LogP contribution in [-0.4, -0.2) is 40.2 Å². The van der Waals surface area contributed by atoms with Gasteiger partial charge in [0.2, 0.25) is 0 Å². The summed E-state index contributed by atoms with van der Waals surface area (Å²) in [6, 6.07) is 0. The van der Waals surface area contributed by atoms with Crippen molar-refractivity contribution in [2.24, 2.45) is 17.8 Å². The number of hydrogen-bond donors (Lipinski definition) is 1. The zero-order valence-electron chi connectivity index (χ0n) is 9.49. The summed E-state index contributed by atoms with van der Waals surface area (Å²) < 4.78 is 5.92. The van der Waals surface area contributed by atoms with E-state index in [1.165, 1.54) is 0 Å². The van der Waals surface area contributed by atoms with Crippen LogP contribution in [0.3, 0.4) is 0 Å². The van der Waals surface area contributed by atoms with E-state index in [1.807, 2.05) is 11.8 Å². The van der Waals surface area contributed by atoms with Crippen molar-refractivity contribution >= 4 is 17.5 Å². The Morgan fingerprint density at radius 1 is 1.35 bits per heavy atom. The highest BCUT2D eigenvalue weighted by molar-refractivity contribution is 8.01. The van der Waals surface area contributed by atoms with Gasteiger partial charge in [0.25, 0.3) is 0 Å². The van der Waals surface area contributed by atoms with Crippen molar-refractivity contribution < 1.29 is 14.6 Å². The number of ketones is 1. The van der Waals surface area contributed by atoms with E-state index in [-0.39, 0.29) is 24.4 Å². The predicted molar refractivity (Wildman–Crippen MR) is 64.8 cm³/mol. The average Bonchev–Trinajstić information content (AvgIpc) is 3.07. The summed E-state index contributed by atoms with van der Waals surface area (Å²) in [5.74, 6) is 1.65. The number of Topliss-reactive ketones (excluding diaryl/α,β-unsaturated/α-hetero) is 1. The van der Waals surface area contributed by atoms with E-state index in [4.69, 9.17) is 9.84 Å². The van der Waals surface area contributed by atoms with Gasteiger partial charge in [-0.15, -0.1) is 0 Å². The molecule has 0 spiro atoms. The number of ether oxygens (including phenoxy) is 1. The van der Waals surface area contributed by atoms with Gasteiger partial charge in [0.05, 0.1) is 12.2 Å². The van der Waals surface area contributed by atoms with Gasteiger partial charge in [-0.05, 0) is 6.42 Å². The van der Waals surface area contributed by atoms with Crippen molar-refractivity contribution in [3.8, 4) is 0 Å². The van der Waals surface area contributed by atoms with Gasteiger partial charge in [0.1, 0.15) is 5.78 Å². The maximum Gasteiger partial charge on any atom is 0.139 e. The third kappa shape index (κ3) is 1.29. The summed E-state index contributed by atoms with van der Waals surface area (Å²) in [5.41, 5.74) is 0. The molecule has 7 atom stereocenters. The smallest absolute Gasteiger partial charge is 0.139 e. The number of aliphatic hydroxyl groups is 1. The number of hydrogen-bond acceptors (Lipinski definition) is 4. The molecule has 3 nitrogen and oxygen atoms in total. The van der Waals surface area contributed by atoms with Crippen LogP contribution in [0.15, 0.2) is 12.2 Å². The van der Waals surface area contributed by atoms with Crippen LogP contribution in [-0.2, 0) is 9.53 Å². The second kappa shape index (κ2) is 3.59. The van der Waals surface area contributed by atoms with Crippen LogP contribution in [0, 0.1) is 17.8 Å². The summed E-state index contributed by atoms with van der Waals surface area (Å²) in [6.45, 7) is -0.00601. The molecule has 1 N–H and O–H groups in total. The van der Waals surface area contributed by atoms with Crippen molar-refractivity contribution in [1.82, 2.24) is 0 Å². The number of thioether (sulfide) groups is 1. The first-order valence-electron chi connectivity index (χ1n) is 6.42. The molecule has 0 aliphatic carbocycles. The van der Waals surface area contributed by atoms with Crippen LogP contribution in [0.1, 0.15) is 12.8 Å². The molecular formula is C13H16O3S. The van der Waals surface area contributed by atoms with Gasteiger partial charge >= 0.3 is 0 Å². The number of carbonyl (C=O) groups excluding carboxylic acids is 1. The first-order chi connectivity index (χ1) is 8.29. The summed E-state index contributed by atoms with van der Waals surface area (Å²) in [7, 11) is 0. The molecule has 0 radical (unpaired) electrons. The number of fused-ring (bicyclic) bond motifs is 9. The van der Waals surface area contributed by atoms with E-state index >= 15 is 0 Å². The fourth-order valence-electron chi connectivity index (χ4n) is 4.19. The highest BCUT2D eigenvalue weighted by Gasteiger charge is 2.63. The second-order valence-corrected chi connectivity index (χ2v) is 6.95. The van der Waals surface area contributed by atoms with Gasteiger partial charge in [0, 0.05) is 41.3 Å². The summed E-state index contributed by atoms with van der Waals surface area (Å²) in [6.07, 6.45) is 6.31. The molecule has 4 bridgehead atoms. The largest absolute Gasteiger partial charge is 0.396 e. The van der Waals surface area contributed by atoms with Gasteiger partial charge in [-0.25, -0.2) is 0 Å². The fraction of sp³-hybridized carbons (Fsp3) is 0.769. The molecule has 0 aromatic heterocycles. The van der Waals surface area contributed by atoms with Crippen molar-refractivity contribution in [2.45, 2.75) is 35.5 Å². The summed E-state index contributed by atoms with van der Waals surface area (Å²) >= 11 is 2.01. The zero-order valence-corrected chi connectivity index (χ0v) is 10.3. The van der Waals surface area contributed by atoms with Crippen LogP contribution in [0.25, 0.3) is 0 Å². The minimum absolute atomic E-state index is 0.00601. The second-order valence-electron chi connectivity index (χ2n) is 5.53. The van der Waals surface area contributed by atoms with E-state index in [0.717, 1.165) is 6.42 Å². The van der Waals surface area contributed by atoms with Crippen LogP contribution in [0.5, 0.6) is 0 Å². The lowest BCUT2D eigenvalue weighted by molar-refractivity contribution is -0.124. The Bertz CT molecular complexity index is 394. The molecule has 92 valence electrons. The van der Waals surface area contributed by atoms with Gasteiger partial charge in [-0.2, -0.15) is 11.8 Å². The van der Waals surface area contributed by atoms with Gasteiger partial charge in [0.15, 0.2) is 0 Å². The highest BCUT2D eigenvalue weighted by atomic mass is 32.2. The molecule has 0 saturated carbocycles. The minimum atomic E-state index is -0.00601.